The highest BCUT2D eigenvalue weighted by Crippen LogP contribution is 2.26. The minimum atomic E-state index is -3.36. The summed E-state index contributed by atoms with van der Waals surface area (Å²) in [5.41, 5.74) is 7.42. The summed E-state index contributed by atoms with van der Waals surface area (Å²) >= 11 is 0. The van der Waals surface area contributed by atoms with Crippen LogP contribution >= 0.6 is 0 Å². The Morgan fingerprint density at radius 1 is 1.15 bits per heavy atom. The quantitative estimate of drug-likeness (QED) is 0.721. The third kappa shape index (κ3) is 5.55. The number of nitrogens with one attached hydrogen (secondary N) is 1. The molecule has 7 heteroatoms. The summed E-state index contributed by atoms with van der Waals surface area (Å²) in [4.78, 5) is 12.7. The van der Waals surface area contributed by atoms with Gasteiger partial charge in [-0.1, -0.05) is 37.6 Å². The maximum atomic E-state index is 12.5. The number of hydrogen-bond acceptors (Lipinski definition) is 5. The Morgan fingerprint density at radius 3 is 2.37 bits per heavy atom. The monoisotopic (exact) mass is 390 g/mol. The first kappa shape index (κ1) is 20.9. The third-order valence-electron chi connectivity index (χ3n) is 4.29. The van der Waals surface area contributed by atoms with E-state index >= 15 is 0 Å². The zero-order valence-corrected chi connectivity index (χ0v) is 16.6. The Morgan fingerprint density at radius 2 is 1.81 bits per heavy atom. The topological polar surface area (TPSA) is 98.5 Å². The van der Waals surface area contributed by atoms with Gasteiger partial charge in [-0.3, -0.25) is 4.79 Å². The van der Waals surface area contributed by atoms with Crippen LogP contribution in [0.25, 0.3) is 0 Å². The van der Waals surface area contributed by atoms with Gasteiger partial charge in [-0.2, -0.15) is 0 Å². The number of amides is 1. The molecule has 27 heavy (non-hydrogen) atoms. The second kappa shape index (κ2) is 9.01. The van der Waals surface area contributed by atoms with E-state index in [0.717, 1.165) is 18.2 Å². The van der Waals surface area contributed by atoms with E-state index in [1.165, 1.54) is 6.07 Å². The molecule has 2 rings (SSSR count). The van der Waals surface area contributed by atoms with Crippen molar-refractivity contribution in [2.24, 2.45) is 5.73 Å². The molecule has 0 saturated carbocycles. The second-order valence-electron chi connectivity index (χ2n) is 6.45. The molecular formula is C20H26N2O4S. The number of methoxy groups -OCH3 is 1. The maximum absolute atomic E-state index is 12.5. The predicted octanol–water partition coefficient (Wildman–Crippen LogP) is 2.43. The summed E-state index contributed by atoms with van der Waals surface area (Å²) in [5.74, 6) is 0.416. The molecular weight excluding hydrogens is 364 g/mol. The fourth-order valence-corrected chi connectivity index (χ4v) is 3.45. The van der Waals surface area contributed by atoms with Crippen LogP contribution in [0.15, 0.2) is 53.4 Å². The first-order chi connectivity index (χ1) is 12.8. The molecule has 2 aromatic carbocycles. The summed E-state index contributed by atoms with van der Waals surface area (Å²) < 4.78 is 29.0. The zero-order chi connectivity index (χ0) is 20.0. The van der Waals surface area contributed by atoms with E-state index in [1.807, 2.05) is 19.1 Å². The van der Waals surface area contributed by atoms with Gasteiger partial charge in [0.15, 0.2) is 9.84 Å². The number of ether oxygens (including phenoxy) is 1. The lowest BCUT2D eigenvalue weighted by molar-refractivity contribution is -0.123. The van der Waals surface area contributed by atoms with Gasteiger partial charge in [0, 0.05) is 6.26 Å². The van der Waals surface area contributed by atoms with Crippen LogP contribution in [-0.4, -0.2) is 33.7 Å². The van der Waals surface area contributed by atoms with E-state index in [2.05, 4.69) is 5.32 Å². The Balaban J connectivity index is 2.44. The lowest BCUT2D eigenvalue weighted by Gasteiger charge is -2.22. The first-order valence-corrected chi connectivity index (χ1v) is 10.6. The maximum Gasteiger partial charge on any atom is 0.237 e. The first-order valence-electron chi connectivity index (χ1n) is 8.76. The van der Waals surface area contributed by atoms with Gasteiger partial charge >= 0.3 is 0 Å². The fraction of sp³-hybridized carbons (Fsp3) is 0.350. The number of benzene rings is 2. The number of carbonyl (C=O) groups is 1. The average molecular weight is 391 g/mol. The molecule has 6 nitrogen and oxygen atoms in total. The fourth-order valence-electron chi connectivity index (χ4n) is 2.77. The molecule has 0 aliphatic carbocycles. The number of nitrogens with two attached hydrogens (primary N) is 1. The number of hydrogen-bond donors (Lipinski definition) is 2. The van der Waals surface area contributed by atoms with Crippen LogP contribution in [0.5, 0.6) is 5.75 Å². The molecule has 2 unspecified atom stereocenters. The van der Waals surface area contributed by atoms with Crippen molar-refractivity contribution >= 4 is 15.7 Å². The summed E-state index contributed by atoms with van der Waals surface area (Å²) in [6.45, 7) is 1.96. The van der Waals surface area contributed by atoms with Gasteiger partial charge in [-0.15, -0.1) is 0 Å². The second-order valence-corrected chi connectivity index (χ2v) is 8.47. The minimum Gasteiger partial charge on any atom is -0.497 e. The van der Waals surface area contributed by atoms with Crippen molar-refractivity contribution < 1.29 is 17.9 Å². The highest BCUT2D eigenvalue weighted by molar-refractivity contribution is 7.90. The van der Waals surface area contributed by atoms with E-state index in [0.29, 0.717) is 17.7 Å². The molecule has 0 aliphatic rings. The van der Waals surface area contributed by atoms with Crippen LogP contribution in [-0.2, 0) is 14.6 Å². The van der Waals surface area contributed by atoms with E-state index in [4.69, 9.17) is 10.5 Å². The van der Waals surface area contributed by atoms with Gasteiger partial charge in [-0.05, 0) is 41.8 Å². The van der Waals surface area contributed by atoms with Gasteiger partial charge in [-0.25, -0.2) is 8.42 Å². The largest absolute Gasteiger partial charge is 0.497 e. The van der Waals surface area contributed by atoms with Gasteiger partial charge in [0.05, 0.1) is 24.1 Å². The highest BCUT2D eigenvalue weighted by atomic mass is 32.2. The molecule has 0 saturated heterocycles. The van der Waals surface area contributed by atoms with Gasteiger partial charge in [0.2, 0.25) is 5.91 Å². The summed E-state index contributed by atoms with van der Waals surface area (Å²) in [6.07, 6.45) is 2.53. The van der Waals surface area contributed by atoms with Crippen LogP contribution in [0.4, 0.5) is 0 Å². The van der Waals surface area contributed by atoms with Crippen LogP contribution in [0.1, 0.15) is 36.9 Å². The van der Waals surface area contributed by atoms with Crippen molar-refractivity contribution in [2.75, 3.05) is 13.4 Å². The van der Waals surface area contributed by atoms with Crippen LogP contribution in [0.3, 0.4) is 0 Å². The highest BCUT2D eigenvalue weighted by Gasteiger charge is 2.22. The Hall–Kier alpha value is -2.38. The minimum absolute atomic E-state index is 0.200. The van der Waals surface area contributed by atoms with Crippen molar-refractivity contribution in [1.29, 1.82) is 0 Å². The van der Waals surface area contributed by atoms with E-state index < -0.39 is 21.9 Å². The number of carbonyl (C=O) groups excluding carboxylic acids is 1. The normalized spacial score (nSPS) is 13.6. The third-order valence-corrected chi connectivity index (χ3v) is 5.40. The van der Waals surface area contributed by atoms with E-state index in [9.17, 15) is 13.2 Å². The van der Waals surface area contributed by atoms with E-state index in [1.54, 1.807) is 37.4 Å². The van der Waals surface area contributed by atoms with Crippen molar-refractivity contribution in [1.82, 2.24) is 5.32 Å². The molecule has 3 N–H and O–H groups in total. The summed E-state index contributed by atoms with van der Waals surface area (Å²) in [5, 5.41) is 2.95. The van der Waals surface area contributed by atoms with Gasteiger partial charge < -0.3 is 15.8 Å². The number of rotatable bonds is 8. The molecule has 0 fully saturated rings. The molecule has 0 heterocycles. The molecule has 2 atom stereocenters. The lowest BCUT2D eigenvalue weighted by Crippen LogP contribution is -2.42. The Labute approximate surface area is 160 Å². The van der Waals surface area contributed by atoms with Crippen molar-refractivity contribution in [3.63, 3.8) is 0 Å². The van der Waals surface area contributed by atoms with Gasteiger partial charge in [0.25, 0.3) is 0 Å². The van der Waals surface area contributed by atoms with Crippen LogP contribution in [0.2, 0.25) is 0 Å². The number of sulfone groups is 1. The summed E-state index contributed by atoms with van der Waals surface area (Å²) in [6, 6.07) is 12.7. The van der Waals surface area contributed by atoms with E-state index in [-0.39, 0.29) is 10.8 Å². The van der Waals surface area contributed by atoms with Crippen molar-refractivity contribution in [3.8, 4) is 5.75 Å². The van der Waals surface area contributed by atoms with Crippen molar-refractivity contribution in [3.05, 3.63) is 59.7 Å². The van der Waals surface area contributed by atoms with Crippen molar-refractivity contribution in [2.45, 2.75) is 36.7 Å². The van der Waals surface area contributed by atoms with Crippen LogP contribution < -0.4 is 15.8 Å². The molecule has 0 aliphatic heterocycles. The zero-order valence-electron chi connectivity index (χ0n) is 15.8. The molecule has 0 spiro atoms. The Bertz CT molecular complexity index is 879. The molecule has 0 radical (unpaired) electrons. The van der Waals surface area contributed by atoms with Gasteiger partial charge in [0.1, 0.15) is 5.75 Å². The van der Waals surface area contributed by atoms with Crippen LogP contribution in [0, 0.1) is 0 Å². The Kier molecular flexibility index (Phi) is 6.98. The lowest BCUT2D eigenvalue weighted by atomic mass is 9.98. The smallest absolute Gasteiger partial charge is 0.237 e. The molecule has 1 amide bonds. The SMILES string of the molecule is CCCC(N)C(=O)NC(c1ccc(OC)cc1)c1cccc(S(C)(=O)=O)c1. The molecule has 146 valence electrons. The average Bonchev–Trinajstić information content (AvgIpc) is 2.65. The molecule has 2 aromatic rings. The standard InChI is InChI=1S/C20H26N2O4S/c1-4-6-18(21)20(23)22-19(14-9-11-16(26-2)12-10-14)15-7-5-8-17(13-15)27(3,24)25/h5,7-13,18-19H,4,6,21H2,1-3H3,(H,22,23). The summed E-state index contributed by atoms with van der Waals surface area (Å²) in [7, 11) is -1.79. The molecule has 0 aromatic heterocycles. The predicted molar refractivity (Wildman–Crippen MR) is 105 cm³/mol. The molecule has 0 bridgehead atoms.